The first-order valence-corrected chi connectivity index (χ1v) is 7.97. The number of aromatic nitrogens is 1. The van der Waals surface area contributed by atoms with Crippen LogP contribution < -0.4 is 5.73 Å². The van der Waals surface area contributed by atoms with E-state index in [1.807, 2.05) is 49.1 Å². The van der Waals surface area contributed by atoms with Crippen molar-refractivity contribution in [1.29, 1.82) is 0 Å². The molecule has 116 valence electrons. The molecule has 1 aliphatic heterocycles. The number of benzene rings is 1. The smallest absolute Gasteiger partial charge is 0.255 e. The maximum Gasteiger partial charge on any atom is 0.255 e. The summed E-state index contributed by atoms with van der Waals surface area (Å²) in [5.41, 5.74) is 8.47. The number of rotatable bonds is 2. The zero-order valence-corrected chi connectivity index (χ0v) is 13.2. The number of hydrogen-bond donors (Lipinski definition) is 1. The summed E-state index contributed by atoms with van der Waals surface area (Å²) in [6.07, 6.45) is 2.13. The first-order chi connectivity index (χ1) is 10.6. The van der Waals surface area contributed by atoms with Crippen molar-refractivity contribution >= 4 is 16.8 Å². The third kappa shape index (κ3) is 2.83. The van der Waals surface area contributed by atoms with Crippen LogP contribution in [0, 0.1) is 12.8 Å². The largest absolute Gasteiger partial charge is 0.338 e. The van der Waals surface area contributed by atoms with Crippen molar-refractivity contribution in [2.24, 2.45) is 11.7 Å². The molecule has 2 atom stereocenters. The lowest BCUT2D eigenvalue weighted by atomic mass is 9.91. The second-order valence-corrected chi connectivity index (χ2v) is 6.33. The summed E-state index contributed by atoms with van der Waals surface area (Å²) in [4.78, 5) is 19.4. The molecule has 4 nitrogen and oxygen atoms in total. The molecule has 1 amide bonds. The number of aryl methyl sites for hydroxylation is 1. The molecule has 3 rings (SSSR count). The Morgan fingerprint density at radius 3 is 2.95 bits per heavy atom. The van der Waals surface area contributed by atoms with Crippen LogP contribution in [-0.4, -0.2) is 34.9 Å². The molecular formula is C18H23N3O. The van der Waals surface area contributed by atoms with Crippen LogP contribution in [0.2, 0.25) is 0 Å². The Kier molecular flexibility index (Phi) is 4.12. The van der Waals surface area contributed by atoms with E-state index in [2.05, 4.69) is 4.98 Å². The number of para-hydroxylation sites is 1. The SMILES string of the molecule is Cc1nc2ccccc2cc1C(=O)N1CCC[C@@H]([C@@H](C)N)C1. The van der Waals surface area contributed by atoms with Gasteiger partial charge in [-0.3, -0.25) is 9.78 Å². The van der Waals surface area contributed by atoms with E-state index in [0.717, 1.165) is 42.5 Å². The van der Waals surface area contributed by atoms with Gasteiger partial charge in [0.05, 0.1) is 16.8 Å². The molecular weight excluding hydrogens is 274 g/mol. The van der Waals surface area contributed by atoms with Gasteiger partial charge in [0.2, 0.25) is 0 Å². The van der Waals surface area contributed by atoms with Crippen molar-refractivity contribution in [3.63, 3.8) is 0 Å². The summed E-state index contributed by atoms with van der Waals surface area (Å²) >= 11 is 0. The van der Waals surface area contributed by atoms with Crippen LogP contribution in [-0.2, 0) is 0 Å². The molecule has 0 radical (unpaired) electrons. The van der Waals surface area contributed by atoms with Crippen molar-refractivity contribution in [2.45, 2.75) is 32.7 Å². The number of amides is 1. The summed E-state index contributed by atoms with van der Waals surface area (Å²) in [5, 5.41) is 1.01. The number of nitrogens with two attached hydrogens (primary N) is 1. The van der Waals surface area contributed by atoms with Crippen LogP contribution in [0.1, 0.15) is 35.8 Å². The van der Waals surface area contributed by atoms with Gasteiger partial charge in [0.1, 0.15) is 0 Å². The molecule has 1 aromatic heterocycles. The molecule has 0 saturated carbocycles. The fourth-order valence-electron chi connectivity index (χ4n) is 3.22. The molecule has 2 aromatic rings. The molecule has 1 aromatic carbocycles. The lowest BCUT2D eigenvalue weighted by Gasteiger charge is -2.34. The van der Waals surface area contributed by atoms with Gasteiger partial charge in [-0.2, -0.15) is 0 Å². The number of hydrogen-bond acceptors (Lipinski definition) is 3. The average Bonchev–Trinajstić information content (AvgIpc) is 2.53. The molecule has 1 saturated heterocycles. The summed E-state index contributed by atoms with van der Waals surface area (Å²) in [5.74, 6) is 0.479. The van der Waals surface area contributed by atoms with E-state index in [0.29, 0.717) is 11.5 Å². The third-order valence-electron chi connectivity index (χ3n) is 4.63. The van der Waals surface area contributed by atoms with Gasteiger partial charge in [0.25, 0.3) is 5.91 Å². The van der Waals surface area contributed by atoms with E-state index < -0.39 is 0 Å². The summed E-state index contributed by atoms with van der Waals surface area (Å²) in [6, 6.07) is 10.0. The van der Waals surface area contributed by atoms with Crippen molar-refractivity contribution in [2.75, 3.05) is 13.1 Å². The Morgan fingerprint density at radius 1 is 1.41 bits per heavy atom. The second kappa shape index (κ2) is 6.05. The van der Waals surface area contributed by atoms with E-state index in [9.17, 15) is 4.79 Å². The predicted octanol–water partition coefficient (Wildman–Crippen LogP) is 2.74. The highest BCUT2D eigenvalue weighted by Crippen LogP contribution is 2.23. The fourth-order valence-corrected chi connectivity index (χ4v) is 3.22. The van der Waals surface area contributed by atoms with Crippen molar-refractivity contribution in [3.8, 4) is 0 Å². The topological polar surface area (TPSA) is 59.2 Å². The summed E-state index contributed by atoms with van der Waals surface area (Å²) in [6.45, 7) is 5.51. The number of carbonyl (C=O) groups is 1. The maximum atomic E-state index is 12.9. The minimum absolute atomic E-state index is 0.0844. The quantitative estimate of drug-likeness (QED) is 0.927. The highest BCUT2D eigenvalue weighted by molar-refractivity contribution is 5.98. The molecule has 0 spiro atoms. The number of carbonyl (C=O) groups excluding carboxylic acids is 1. The number of likely N-dealkylation sites (tertiary alicyclic amines) is 1. The lowest BCUT2D eigenvalue weighted by molar-refractivity contribution is 0.0660. The van der Waals surface area contributed by atoms with Gasteiger partial charge in [0.15, 0.2) is 0 Å². The van der Waals surface area contributed by atoms with Gasteiger partial charge in [-0.1, -0.05) is 18.2 Å². The zero-order valence-electron chi connectivity index (χ0n) is 13.2. The minimum atomic E-state index is 0.0844. The minimum Gasteiger partial charge on any atom is -0.338 e. The van der Waals surface area contributed by atoms with Crippen LogP contribution in [0.5, 0.6) is 0 Å². The Labute approximate surface area is 131 Å². The predicted molar refractivity (Wildman–Crippen MR) is 88.8 cm³/mol. The van der Waals surface area contributed by atoms with Crippen molar-refractivity contribution in [3.05, 3.63) is 41.6 Å². The Balaban J connectivity index is 1.90. The number of pyridine rings is 1. The van der Waals surface area contributed by atoms with E-state index in [1.165, 1.54) is 0 Å². The molecule has 0 bridgehead atoms. The van der Waals surface area contributed by atoms with Gasteiger partial charge < -0.3 is 10.6 Å². The Morgan fingerprint density at radius 2 is 2.18 bits per heavy atom. The third-order valence-corrected chi connectivity index (χ3v) is 4.63. The first kappa shape index (κ1) is 15.0. The second-order valence-electron chi connectivity index (χ2n) is 6.33. The molecule has 22 heavy (non-hydrogen) atoms. The molecule has 1 fully saturated rings. The normalized spacial score (nSPS) is 20.1. The summed E-state index contributed by atoms with van der Waals surface area (Å²) in [7, 11) is 0. The molecule has 0 aliphatic carbocycles. The highest BCUT2D eigenvalue weighted by Gasteiger charge is 2.27. The average molecular weight is 297 g/mol. The van der Waals surface area contributed by atoms with Crippen molar-refractivity contribution in [1.82, 2.24) is 9.88 Å². The van der Waals surface area contributed by atoms with E-state index in [4.69, 9.17) is 5.73 Å². The highest BCUT2D eigenvalue weighted by atomic mass is 16.2. The zero-order chi connectivity index (χ0) is 15.7. The van der Waals surface area contributed by atoms with Gasteiger partial charge in [-0.25, -0.2) is 0 Å². The molecule has 0 unspecified atom stereocenters. The molecule has 2 N–H and O–H groups in total. The van der Waals surface area contributed by atoms with Crippen LogP contribution >= 0.6 is 0 Å². The fraction of sp³-hybridized carbons (Fsp3) is 0.444. The number of nitrogens with zero attached hydrogens (tertiary/aromatic N) is 2. The lowest BCUT2D eigenvalue weighted by Crippen LogP contribution is -2.45. The Hall–Kier alpha value is -1.94. The molecule has 4 heteroatoms. The molecule has 2 heterocycles. The van der Waals surface area contributed by atoms with E-state index in [-0.39, 0.29) is 11.9 Å². The van der Waals surface area contributed by atoms with E-state index in [1.54, 1.807) is 0 Å². The van der Waals surface area contributed by atoms with Crippen LogP contribution in [0.25, 0.3) is 10.9 Å². The van der Waals surface area contributed by atoms with Gasteiger partial charge in [0, 0.05) is 24.5 Å². The summed E-state index contributed by atoms with van der Waals surface area (Å²) < 4.78 is 0. The first-order valence-electron chi connectivity index (χ1n) is 7.97. The van der Waals surface area contributed by atoms with Gasteiger partial charge >= 0.3 is 0 Å². The van der Waals surface area contributed by atoms with E-state index >= 15 is 0 Å². The number of fused-ring (bicyclic) bond motifs is 1. The van der Waals surface area contributed by atoms with Crippen LogP contribution in [0.4, 0.5) is 0 Å². The van der Waals surface area contributed by atoms with Gasteiger partial charge in [-0.05, 0) is 44.7 Å². The van der Waals surface area contributed by atoms with Gasteiger partial charge in [-0.15, -0.1) is 0 Å². The van der Waals surface area contributed by atoms with Crippen LogP contribution in [0.15, 0.2) is 30.3 Å². The maximum absolute atomic E-state index is 12.9. The molecule has 1 aliphatic rings. The van der Waals surface area contributed by atoms with Crippen LogP contribution in [0.3, 0.4) is 0 Å². The van der Waals surface area contributed by atoms with Crippen molar-refractivity contribution < 1.29 is 4.79 Å². The Bertz CT molecular complexity index is 696. The standard InChI is InChI=1S/C18H23N3O/c1-12(19)15-7-5-9-21(11-15)18(22)16-10-14-6-3-4-8-17(14)20-13(16)2/h3-4,6,8,10,12,15H,5,7,9,11,19H2,1-2H3/t12-,15-/m1/s1. The monoisotopic (exact) mass is 297 g/mol. The number of piperidine rings is 1.